The Balaban J connectivity index is 1.12. The molecule has 5 heteroatoms. The Morgan fingerprint density at radius 1 is 0.861 bits per heavy atom. The number of hydrogen-bond donors (Lipinski definition) is 0. The highest BCUT2D eigenvalue weighted by atomic mass is 16.5. The van der Waals surface area contributed by atoms with E-state index in [0.717, 1.165) is 48.5 Å². The molecule has 0 saturated carbocycles. The van der Waals surface area contributed by atoms with Crippen molar-refractivity contribution in [3.05, 3.63) is 95.6 Å². The third-order valence-corrected chi connectivity index (χ3v) is 7.38. The largest absolute Gasteiger partial charge is 0.493 e. The van der Waals surface area contributed by atoms with E-state index in [9.17, 15) is 9.59 Å². The summed E-state index contributed by atoms with van der Waals surface area (Å²) in [6.07, 6.45) is 4.42. The van der Waals surface area contributed by atoms with E-state index in [-0.39, 0.29) is 11.8 Å². The number of piperidine rings is 1. The highest BCUT2D eigenvalue weighted by Crippen LogP contribution is 2.36. The Bertz CT molecular complexity index is 1170. The van der Waals surface area contributed by atoms with Crippen molar-refractivity contribution in [1.29, 1.82) is 0 Å². The van der Waals surface area contributed by atoms with Crippen LogP contribution in [0.3, 0.4) is 0 Å². The van der Waals surface area contributed by atoms with Gasteiger partial charge in [-0.15, -0.1) is 0 Å². The Hall–Kier alpha value is -3.60. The van der Waals surface area contributed by atoms with Crippen LogP contribution in [0.1, 0.15) is 54.7 Å². The number of hydrogen-bond acceptors (Lipinski definition) is 3. The molecule has 2 amide bonds. The van der Waals surface area contributed by atoms with Crippen molar-refractivity contribution in [2.75, 3.05) is 24.6 Å². The van der Waals surface area contributed by atoms with E-state index in [1.165, 1.54) is 5.56 Å². The first-order chi connectivity index (χ1) is 17.7. The van der Waals surface area contributed by atoms with Crippen LogP contribution in [0.5, 0.6) is 5.75 Å². The van der Waals surface area contributed by atoms with Crippen LogP contribution in [-0.2, 0) is 22.6 Å². The molecule has 1 saturated heterocycles. The summed E-state index contributed by atoms with van der Waals surface area (Å²) in [5.41, 5.74) is 4.51. The van der Waals surface area contributed by atoms with Crippen molar-refractivity contribution in [3.63, 3.8) is 0 Å². The number of fused-ring (bicyclic) bond motifs is 1. The first-order valence-electron chi connectivity index (χ1n) is 13.1. The van der Waals surface area contributed by atoms with Crippen LogP contribution < -0.4 is 9.64 Å². The van der Waals surface area contributed by atoms with Gasteiger partial charge in [-0.3, -0.25) is 9.59 Å². The fraction of sp³-hybridized carbons (Fsp3) is 0.355. The maximum Gasteiger partial charge on any atom is 0.227 e. The van der Waals surface area contributed by atoms with Gasteiger partial charge in [0.2, 0.25) is 11.8 Å². The maximum atomic E-state index is 12.8. The standard InChI is InChI=1S/C31H34N2O3/c34-30(32-20-18-26(19-21-32)25-11-5-2-6-12-25)15-8-22-36-29-14-7-13-28-27(29)16-17-31(35)33(28)23-24-9-3-1-4-10-24/h1-7,9-14,26H,8,15-23H2. The lowest BCUT2D eigenvalue weighted by Gasteiger charge is -2.32. The number of amides is 2. The summed E-state index contributed by atoms with van der Waals surface area (Å²) in [5, 5.41) is 0. The average Bonchev–Trinajstić information content (AvgIpc) is 2.93. The van der Waals surface area contributed by atoms with E-state index in [0.29, 0.717) is 44.8 Å². The Morgan fingerprint density at radius 3 is 2.33 bits per heavy atom. The molecule has 5 rings (SSSR count). The quantitative estimate of drug-likeness (QED) is 0.385. The Labute approximate surface area is 213 Å². The molecule has 5 nitrogen and oxygen atoms in total. The van der Waals surface area contributed by atoms with Gasteiger partial charge in [-0.1, -0.05) is 66.7 Å². The predicted molar refractivity (Wildman–Crippen MR) is 142 cm³/mol. The third-order valence-electron chi connectivity index (χ3n) is 7.38. The fourth-order valence-corrected chi connectivity index (χ4v) is 5.39. The molecule has 2 aliphatic heterocycles. The van der Waals surface area contributed by atoms with E-state index < -0.39 is 0 Å². The minimum atomic E-state index is 0.144. The summed E-state index contributed by atoms with van der Waals surface area (Å²) in [4.78, 5) is 29.3. The first kappa shape index (κ1) is 24.1. The van der Waals surface area contributed by atoms with Crippen LogP contribution in [0.4, 0.5) is 5.69 Å². The SMILES string of the molecule is O=C(CCCOc1cccc2c1CCC(=O)N2Cc1ccccc1)N1CCC(c2ccccc2)CC1. The topological polar surface area (TPSA) is 49.9 Å². The van der Waals surface area contributed by atoms with Crippen LogP contribution in [0.2, 0.25) is 0 Å². The van der Waals surface area contributed by atoms with Gasteiger partial charge in [0.25, 0.3) is 0 Å². The highest BCUT2D eigenvalue weighted by molar-refractivity contribution is 5.96. The van der Waals surface area contributed by atoms with Gasteiger partial charge in [0.05, 0.1) is 18.8 Å². The number of ether oxygens (including phenoxy) is 1. The van der Waals surface area contributed by atoms with Gasteiger partial charge in [-0.25, -0.2) is 0 Å². The van der Waals surface area contributed by atoms with Crippen molar-refractivity contribution in [1.82, 2.24) is 4.90 Å². The maximum absolute atomic E-state index is 12.8. The predicted octanol–water partition coefficient (Wildman–Crippen LogP) is 5.73. The van der Waals surface area contributed by atoms with Gasteiger partial charge in [0.15, 0.2) is 0 Å². The van der Waals surface area contributed by atoms with Crippen molar-refractivity contribution < 1.29 is 14.3 Å². The van der Waals surface area contributed by atoms with Crippen LogP contribution in [0, 0.1) is 0 Å². The second kappa shape index (κ2) is 11.4. The summed E-state index contributed by atoms with van der Waals surface area (Å²) < 4.78 is 6.14. The Kier molecular flexibility index (Phi) is 7.65. The van der Waals surface area contributed by atoms with E-state index in [1.807, 2.05) is 58.3 Å². The average molecular weight is 483 g/mol. The molecule has 1 fully saturated rings. The zero-order chi connectivity index (χ0) is 24.7. The van der Waals surface area contributed by atoms with Crippen molar-refractivity contribution in [3.8, 4) is 5.75 Å². The second-order valence-corrected chi connectivity index (χ2v) is 9.74. The highest BCUT2D eigenvalue weighted by Gasteiger charge is 2.27. The number of carbonyl (C=O) groups is 2. The minimum Gasteiger partial charge on any atom is -0.493 e. The summed E-state index contributed by atoms with van der Waals surface area (Å²) >= 11 is 0. The number of nitrogens with zero attached hydrogens (tertiary/aromatic N) is 2. The molecule has 0 spiro atoms. The second-order valence-electron chi connectivity index (χ2n) is 9.74. The lowest BCUT2D eigenvalue weighted by molar-refractivity contribution is -0.132. The molecule has 3 aromatic rings. The lowest BCUT2D eigenvalue weighted by Crippen LogP contribution is -2.37. The Morgan fingerprint density at radius 2 is 1.58 bits per heavy atom. The molecule has 2 aliphatic rings. The fourth-order valence-electron chi connectivity index (χ4n) is 5.39. The third kappa shape index (κ3) is 5.62. The van der Waals surface area contributed by atoms with Crippen LogP contribution in [0.25, 0.3) is 0 Å². The number of benzene rings is 3. The van der Waals surface area contributed by atoms with Crippen LogP contribution in [0.15, 0.2) is 78.9 Å². The van der Waals surface area contributed by atoms with E-state index in [4.69, 9.17) is 4.74 Å². The number of anilines is 1. The molecule has 0 bridgehead atoms. The molecule has 186 valence electrons. The van der Waals surface area contributed by atoms with Crippen molar-refractivity contribution >= 4 is 17.5 Å². The molecule has 0 radical (unpaired) electrons. The number of rotatable bonds is 8. The zero-order valence-corrected chi connectivity index (χ0v) is 20.8. The minimum absolute atomic E-state index is 0.144. The summed E-state index contributed by atoms with van der Waals surface area (Å²) in [6, 6.07) is 26.6. The van der Waals surface area contributed by atoms with Crippen molar-refractivity contribution in [2.24, 2.45) is 0 Å². The molecule has 36 heavy (non-hydrogen) atoms. The van der Waals surface area contributed by atoms with Gasteiger partial charge in [0.1, 0.15) is 5.75 Å². The molecule has 2 heterocycles. The normalized spacial score (nSPS) is 16.1. The van der Waals surface area contributed by atoms with Crippen LogP contribution in [-0.4, -0.2) is 36.4 Å². The molecule has 0 N–H and O–H groups in total. The molecule has 0 unspecified atom stereocenters. The van der Waals surface area contributed by atoms with Gasteiger partial charge < -0.3 is 14.5 Å². The molecule has 3 aromatic carbocycles. The van der Waals surface area contributed by atoms with Gasteiger partial charge in [0, 0.05) is 31.5 Å². The smallest absolute Gasteiger partial charge is 0.227 e. The van der Waals surface area contributed by atoms with Crippen molar-refractivity contribution in [2.45, 2.75) is 51.0 Å². The van der Waals surface area contributed by atoms with E-state index in [2.05, 4.69) is 30.3 Å². The summed E-state index contributed by atoms with van der Waals surface area (Å²) in [6.45, 7) is 2.72. The summed E-state index contributed by atoms with van der Waals surface area (Å²) in [5.74, 6) is 1.75. The molecule has 0 aliphatic carbocycles. The van der Waals surface area contributed by atoms with Crippen LogP contribution >= 0.6 is 0 Å². The van der Waals surface area contributed by atoms with E-state index >= 15 is 0 Å². The zero-order valence-electron chi connectivity index (χ0n) is 20.8. The lowest BCUT2D eigenvalue weighted by atomic mass is 9.89. The van der Waals surface area contributed by atoms with E-state index in [1.54, 1.807) is 0 Å². The molecule has 0 aromatic heterocycles. The molecule has 0 atom stereocenters. The molecular formula is C31H34N2O3. The van der Waals surface area contributed by atoms with Gasteiger partial charge in [-0.2, -0.15) is 0 Å². The molecular weight excluding hydrogens is 448 g/mol. The monoisotopic (exact) mass is 482 g/mol. The van der Waals surface area contributed by atoms with Gasteiger partial charge >= 0.3 is 0 Å². The summed E-state index contributed by atoms with van der Waals surface area (Å²) in [7, 11) is 0. The van der Waals surface area contributed by atoms with Gasteiger partial charge in [-0.05, 0) is 54.9 Å². The number of likely N-dealkylation sites (tertiary alicyclic amines) is 1. The number of carbonyl (C=O) groups excluding carboxylic acids is 2. The first-order valence-corrected chi connectivity index (χ1v) is 13.1.